The number of nitrogens with zero attached hydrogens (tertiary/aromatic N) is 1. The van der Waals surface area contributed by atoms with E-state index in [1.807, 2.05) is 42.5 Å². The monoisotopic (exact) mass is 449 g/mol. The summed E-state index contributed by atoms with van der Waals surface area (Å²) < 4.78 is 6.51. The van der Waals surface area contributed by atoms with Crippen molar-refractivity contribution in [1.29, 1.82) is 0 Å². The first kappa shape index (κ1) is 22.5. The second kappa shape index (κ2) is 10.4. The number of aliphatic hydroxyl groups is 1. The summed E-state index contributed by atoms with van der Waals surface area (Å²) in [5.74, 6) is 0. The zero-order chi connectivity index (χ0) is 23.2. The molecule has 0 aromatic heterocycles. The van der Waals surface area contributed by atoms with Crippen molar-refractivity contribution >= 4 is 0 Å². The molecule has 0 saturated carbocycles. The van der Waals surface area contributed by atoms with Crippen LogP contribution in [-0.4, -0.2) is 35.8 Å². The lowest BCUT2D eigenvalue weighted by atomic mass is 9.67. The van der Waals surface area contributed by atoms with Crippen molar-refractivity contribution in [2.45, 2.75) is 24.2 Å². The lowest BCUT2D eigenvalue weighted by Gasteiger charge is -2.46. The molecule has 34 heavy (non-hydrogen) atoms. The van der Waals surface area contributed by atoms with Crippen LogP contribution in [-0.2, 0) is 16.7 Å². The minimum Gasteiger partial charge on any atom is -0.384 e. The second-order valence-electron chi connectivity index (χ2n) is 9.01. The Kier molecular flexibility index (Phi) is 6.87. The molecule has 0 amide bonds. The molecule has 3 aromatic carbocycles. The van der Waals surface area contributed by atoms with Crippen molar-refractivity contribution in [3.63, 3.8) is 0 Å². The number of hydrogen-bond donors (Lipinski definition) is 1. The lowest BCUT2D eigenvalue weighted by Crippen LogP contribution is -2.53. The fraction of sp³-hybridized carbons (Fsp3) is 0.226. The zero-order valence-electron chi connectivity index (χ0n) is 19.3. The van der Waals surface area contributed by atoms with E-state index in [2.05, 4.69) is 83.8 Å². The highest BCUT2D eigenvalue weighted by molar-refractivity contribution is 5.53. The molecule has 2 aliphatic rings. The number of aliphatic hydroxyl groups excluding tert-OH is 1. The molecule has 1 N–H and O–H groups in total. The van der Waals surface area contributed by atoms with Gasteiger partial charge in [0.25, 0.3) is 0 Å². The topological polar surface area (TPSA) is 32.7 Å². The first-order valence-corrected chi connectivity index (χ1v) is 12.0. The number of benzene rings is 3. The van der Waals surface area contributed by atoms with E-state index in [1.165, 1.54) is 11.1 Å². The van der Waals surface area contributed by atoms with Crippen molar-refractivity contribution in [3.8, 4) is 0 Å². The van der Waals surface area contributed by atoms with E-state index < -0.39 is 11.5 Å². The van der Waals surface area contributed by atoms with Gasteiger partial charge in [0.2, 0.25) is 0 Å². The van der Waals surface area contributed by atoms with Gasteiger partial charge in [-0.2, -0.15) is 0 Å². The largest absolute Gasteiger partial charge is 0.384 e. The van der Waals surface area contributed by atoms with Crippen LogP contribution >= 0.6 is 0 Å². The highest BCUT2D eigenvalue weighted by Gasteiger charge is 2.44. The van der Waals surface area contributed by atoms with Gasteiger partial charge in [-0.15, -0.1) is 0 Å². The van der Waals surface area contributed by atoms with E-state index in [0.29, 0.717) is 6.61 Å². The van der Waals surface area contributed by atoms with Crippen LogP contribution < -0.4 is 0 Å². The van der Waals surface area contributed by atoms with Gasteiger partial charge in [0.05, 0.1) is 24.2 Å². The van der Waals surface area contributed by atoms with Crippen molar-refractivity contribution in [3.05, 3.63) is 144 Å². The van der Waals surface area contributed by atoms with E-state index >= 15 is 0 Å². The summed E-state index contributed by atoms with van der Waals surface area (Å²) in [5.41, 5.74) is 3.94. The van der Waals surface area contributed by atoms with E-state index in [1.54, 1.807) is 0 Å². The molecule has 1 fully saturated rings. The number of morpholine rings is 1. The summed E-state index contributed by atoms with van der Waals surface area (Å²) in [7, 11) is 0. The molecule has 3 unspecified atom stereocenters. The minimum atomic E-state index is -0.695. The van der Waals surface area contributed by atoms with Crippen molar-refractivity contribution in [2.75, 3.05) is 19.7 Å². The number of rotatable bonds is 6. The Balaban J connectivity index is 1.52. The van der Waals surface area contributed by atoms with Gasteiger partial charge >= 0.3 is 0 Å². The molecule has 0 bridgehead atoms. The summed E-state index contributed by atoms with van der Waals surface area (Å²) in [6.07, 6.45) is 9.75. The Bertz CT molecular complexity index is 1150. The van der Waals surface area contributed by atoms with Crippen LogP contribution in [0.5, 0.6) is 0 Å². The van der Waals surface area contributed by atoms with Gasteiger partial charge in [-0.05, 0) is 28.3 Å². The molecule has 3 nitrogen and oxygen atoms in total. The van der Waals surface area contributed by atoms with Gasteiger partial charge in [-0.3, -0.25) is 4.90 Å². The van der Waals surface area contributed by atoms with Crippen LogP contribution in [0.4, 0.5) is 0 Å². The molecule has 5 rings (SSSR count). The van der Waals surface area contributed by atoms with Crippen LogP contribution in [0.2, 0.25) is 0 Å². The highest BCUT2D eigenvalue weighted by Crippen LogP contribution is 2.43. The average molecular weight is 450 g/mol. The third kappa shape index (κ3) is 4.69. The molecule has 1 heterocycles. The lowest BCUT2D eigenvalue weighted by molar-refractivity contribution is -0.0535. The van der Waals surface area contributed by atoms with Crippen LogP contribution in [0.15, 0.2) is 127 Å². The first-order chi connectivity index (χ1) is 16.8. The normalized spacial score (nSPS) is 24.9. The van der Waals surface area contributed by atoms with Gasteiger partial charge in [0.1, 0.15) is 0 Å². The van der Waals surface area contributed by atoms with E-state index in [0.717, 1.165) is 30.8 Å². The summed E-state index contributed by atoms with van der Waals surface area (Å²) in [6, 6.07) is 31.0. The van der Waals surface area contributed by atoms with Crippen molar-refractivity contribution in [2.24, 2.45) is 0 Å². The van der Waals surface area contributed by atoms with Gasteiger partial charge in [-0.25, -0.2) is 0 Å². The maximum Gasteiger partial charge on any atom is 0.0977 e. The van der Waals surface area contributed by atoms with E-state index in [-0.39, 0.29) is 6.10 Å². The molecule has 3 aromatic rings. The Morgan fingerprint density at radius 1 is 0.912 bits per heavy atom. The minimum absolute atomic E-state index is 0.0808. The summed E-state index contributed by atoms with van der Waals surface area (Å²) in [4.78, 5) is 2.48. The molecule has 1 aliphatic heterocycles. The maximum absolute atomic E-state index is 11.1. The molecule has 3 heteroatoms. The van der Waals surface area contributed by atoms with Crippen LogP contribution in [0.1, 0.15) is 22.8 Å². The third-order valence-corrected chi connectivity index (χ3v) is 6.86. The van der Waals surface area contributed by atoms with Gasteiger partial charge in [0, 0.05) is 19.6 Å². The van der Waals surface area contributed by atoms with E-state index in [9.17, 15) is 5.11 Å². The smallest absolute Gasteiger partial charge is 0.0977 e. The highest BCUT2D eigenvalue weighted by atomic mass is 16.5. The Morgan fingerprint density at radius 2 is 1.59 bits per heavy atom. The predicted octanol–water partition coefficient (Wildman–Crippen LogP) is 5.61. The molecule has 0 radical (unpaired) electrons. The van der Waals surface area contributed by atoms with Gasteiger partial charge < -0.3 is 9.84 Å². The fourth-order valence-corrected chi connectivity index (χ4v) is 5.13. The maximum atomic E-state index is 11.1. The summed E-state index contributed by atoms with van der Waals surface area (Å²) in [6.45, 7) is 3.29. The SMILES string of the molecule is OC(C=C1C=CC=CC1(c1ccccc1)C1CN(Cc2ccccc2)CCO1)c1ccccc1. The molecule has 1 aliphatic carbocycles. The second-order valence-corrected chi connectivity index (χ2v) is 9.01. The third-order valence-electron chi connectivity index (χ3n) is 6.86. The first-order valence-electron chi connectivity index (χ1n) is 12.0. The van der Waals surface area contributed by atoms with Gasteiger partial charge in [-0.1, -0.05) is 115 Å². The molecular formula is C31H31NO2. The summed E-state index contributed by atoms with van der Waals surface area (Å²) in [5, 5.41) is 11.1. The van der Waals surface area contributed by atoms with Crippen molar-refractivity contribution in [1.82, 2.24) is 4.90 Å². The average Bonchev–Trinajstić information content (AvgIpc) is 2.91. The number of allylic oxidation sites excluding steroid dienone is 3. The Morgan fingerprint density at radius 3 is 2.32 bits per heavy atom. The summed E-state index contributed by atoms with van der Waals surface area (Å²) >= 11 is 0. The predicted molar refractivity (Wildman–Crippen MR) is 137 cm³/mol. The fourth-order valence-electron chi connectivity index (χ4n) is 5.13. The quantitative estimate of drug-likeness (QED) is 0.531. The standard InChI is InChI=1S/C31H31NO2/c33-29(26-14-6-2-7-15-26)22-28-18-10-11-19-31(28,27-16-8-3-9-17-27)30-24-32(20-21-34-30)23-25-12-4-1-5-13-25/h1-19,22,29-30,33H,20-21,23-24H2. The molecule has 3 atom stereocenters. The van der Waals surface area contributed by atoms with Gasteiger partial charge in [0.15, 0.2) is 0 Å². The molecule has 0 spiro atoms. The van der Waals surface area contributed by atoms with Crippen LogP contribution in [0, 0.1) is 0 Å². The molecular weight excluding hydrogens is 418 g/mol. The Labute approximate surface area is 202 Å². The molecule has 172 valence electrons. The molecule has 1 saturated heterocycles. The zero-order valence-corrected chi connectivity index (χ0v) is 19.3. The van der Waals surface area contributed by atoms with E-state index in [4.69, 9.17) is 4.74 Å². The van der Waals surface area contributed by atoms with Crippen LogP contribution in [0.25, 0.3) is 0 Å². The Hall–Kier alpha value is -3.24. The van der Waals surface area contributed by atoms with Crippen molar-refractivity contribution < 1.29 is 9.84 Å². The number of hydrogen-bond acceptors (Lipinski definition) is 3. The number of ether oxygens (including phenoxy) is 1. The van der Waals surface area contributed by atoms with Crippen LogP contribution in [0.3, 0.4) is 0 Å².